The molecule has 22 heavy (non-hydrogen) atoms. The van der Waals surface area contributed by atoms with E-state index in [0.717, 1.165) is 5.56 Å². The Bertz CT molecular complexity index is 659. The molecule has 2 N–H and O–H groups in total. The summed E-state index contributed by atoms with van der Waals surface area (Å²) in [6, 6.07) is 6.85. The molecule has 1 aliphatic rings. The molecule has 5 nitrogen and oxygen atoms in total. The molecule has 1 aliphatic heterocycles. The van der Waals surface area contributed by atoms with Gasteiger partial charge in [-0.1, -0.05) is 29.8 Å². The average molecular weight is 345 g/mol. The summed E-state index contributed by atoms with van der Waals surface area (Å²) in [5.74, 6) is 0.159. The van der Waals surface area contributed by atoms with Crippen LogP contribution in [0, 0.1) is 0 Å². The molecule has 1 heterocycles. The van der Waals surface area contributed by atoms with E-state index in [9.17, 15) is 13.2 Å². The van der Waals surface area contributed by atoms with Crippen LogP contribution in [0.2, 0.25) is 5.02 Å². The minimum atomic E-state index is -3.00. The topological polar surface area (TPSA) is 75.3 Å². The third kappa shape index (κ3) is 4.88. The van der Waals surface area contributed by atoms with Crippen molar-refractivity contribution in [1.29, 1.82) is 0 Å². The highest BCUT2D eigenvalue weighted by atomic mass is 35.5. The Labute approximate surface area is 136 Å². The van der Waals surface area contributed by atoms with Gasteiger partial charge < -0.3 is 10.6 Å². The Balaban J connectivity index is 1.91. The number of halogens is 1. The van der Waals surface area contributed by atoms with Gasteiger partial charge in [0.25, 0.3) is 0 Å². The van der Waals surface area contributed by atoms with Gasteiger partial charge in [0.15, 0.2) is 9.84 Å². The number of hydrogen-bond donors (Lipinski definition) is 2. The first-order chi connectivity index (χ1) is 10.2. The quantitative estimate of drug-likeness (QED) is 0.878. The molecule has 2 amide bonds. The van der Waals surface area contributed by atoms with Gasteiger partial charge in [0.1, 0.15) is 0 Å². The number of benzene rings is 1. The zero-order chi connectivity index (χ0) is 16.4. The van der Waals surface area contributed by atoms with Crippen molar-refractivity contribution in [2.24, 2.45) is 0 Å². The second kappa shape index (κ2) is 6.46. The van der Waals surface area contributed by atoms with Crippen molar-refractivity contribution in [1.82, 2.24) is 10.6 Å². The lowest BCUT2D eigenvalue weighted by atomic mass is 9.95. The molecule has 0 aliphatic carbocycles. The van der Waals surface area contributed by atoms with Gasteiger partial charge in [-0.3, -0.25) is 0 Å². The van der Waals surface area contributed by atoms with Crippen LogP contribution in [-0.4, -0.2) is 37.5 Å². The fourth-order valence-electron chi connectivity index (χ4n) is 2.60. The van der Waals surface area contributed by atoms with Crippen LogP contribution in [0.25, 0.3) is 0 Å². The molecule has 0 aromatic heterocycles. The van der Waals surface area contributed by atoms with Gasteiger partial charge in [0.05, 0.1) is 11.5 Å². The summed E-state index contributed by atoms with van der Waals surface area (Å²) < 4.78 is 22.8. The van der Waals surface area contributed by atoms with E-state index in [-0.39, 0.29) is 23.6 Å². The highest BCUT2D eigenvalue weighted by Crippen LogP contribution is 2.20. The van der Waals surface area contributed by atoms with Crippen LogP contribution in [0.5, 0.6) is 0 Å². The van der Waals surface area contributed by atoms with Crippen LogP contribution < -0.4 is 10.6 Å². The Morgan fingerprint density at radius 3 is 2.64 bits per heavy atom. The molecule has 0 saturated carbocycles. The Morgan fingerprint density at radius 1 is 1.36 bits per heavy atom. The van der Waals surface area contributed by atoms with Gasteiger partial charge >= 0.3 is 6.03 Å². The van der Waals surface area contributed by atoms with Crippen molar-refractivity contribution in [3.63, 3.8) is 0 Å². The molecule has 0 spiro atoms. The lowest BCUT2D eigenvalue weighted by Crippen LogP contribution is -2.52. The van der Waals surface area contributed by atoms with E-state index in [1.807, 2.05) is 38.1 Å². The van der Waals surface area contributed by atoms with Crippen molar-refractivity contribution in [3.8, 4) is 0 Å². The third-order valence-electron chi connectivity index (χ3n) is 3.61. The highest BCUT2D eigenvalue weighted by molar-refractivity contribution is 7.91. The number of hydrogen-bond acceptors (Lipinski definition) is 3. The van der Waals surface area contributed by atoms with Crippen LogP contribution >= 0.6 is 11.6 Å². The van der Waals surface area contributed by atoms with Gasteiger partial charge in [-0.2, -0.15) is 0 Å². The largest absolute Gasteiger partial charge is 0.334 e. The van der Waals surface area contributed by atoms with E-state index < -0.39 is 15.4 Å². The third-order valence-corrected chi connectivity index (χ3v) is 5.75. The molecule has 1 aromatic carbocycles. The summed E-state index contributed by atoms with van der Waals surface area (Å²) in [6.45, 7) is 3.81. The van der Waals surface area contributed by atoms with Gasteiger partial charge in [0, 0.05) is 16.6 Å². The molecule has 122 valence electrons. The summed E-state index contributed by atoms with van der Waals surface area (Å²) >= 11 is 6.14. The van der Waals surface area contributed by atoms with E-state index >= 15 is 0 Å². The maximum atomic E-state index is 12.1. The molecule has 1 saturated heterocycles. The van der Waals surface area contributed by atoms with E-state index in [1.165, 1.54) is 0 Å². The van der Waals surface area contributed by atoms with E-state index in [0.29, 0.717) is 17.9 Å². The molecule has 0 radical (unpaired) electrons. The van der Waals surface area contributed by atoms with Gasteiger partial charge in [-0.05, 0) is 38.3 Å². The summed E-state index contributed by atoms with van der Waals surface area (Å²) in [7, 11) is -3.00. The second-order valence-electron chi connectivity index (χ2n) is 6.35. The molecule has 1 atom stereocenters. The van der Waals surface area contributed by atoms with Crippen molar-refractivity contribution in [2.45, 2.75) is 38.3 Å². The summed E-state index contributed by atoms with van der Waals surface area (Å²) in [5, 5.41) is 6.28. The second-order valence-corrected chi connectivity index (χ2v) is 8.99. The predicted octanol–water partition coefficient (Wildman–Crippen LogP) is 2.15. The smallest absolute Gasteiger partial charge is 0.315 e. The van der Waals surface area contributed by atoms with Gasteiger partial charge in [0.2, 0.25) is 0 Å². The zero-order valence-electron chi connectivity index (χ0n) is 12.7. The molecule has 1 fully saturated rings. The molecule has 0 bridgehead atoms. The van der Waals surface area contributed by atoms with Crippen molar-refractivity contribution in [2.75, 3.05) is 11.5 Å². The predicted molar refractivity (Wildman–Crippen MR) is 88.0 cm³/mol. The van der Waals surface area contributed by atoms with Crippen molar-refractivity contribution >= 4 is 27.5 Å². The first-order valence-electron chi connectivity index (χ1n) is 7.19. The molecule has 1 aromatic rings. The lowest BCUT2D eigenvalue weighted by Gasteiger charge is -2.27. The maximum absolute atomic E-state index is 12.1. The first kappa shape index (κ1) is 17.1. The lowest BCUT2D eigenvalue weighted by molar-refractivity contribution is 0.226. The average Bonchev–Trinajstić information content (AvgIpc) is 2.70. The minimum absolute atomic E-state index is 0.0192. The molecule has 2 rings (SSSR count). The molecule has 1 unspecified atom stereocenters. The normalized spacial score (nSPS) is 20.6. The van der Waals surface area contributed by atoms with Crippen LogP contribution in [-0.2, 0) is 16.3 Å². The molecular formula is C15H21ClN2O3S. The van der Waals surface area contributed by atoms with Gasteiger partial charge in [-0.15, -0.1) is 0 Å². The van der Waals surface area contributed by atoms with Gasteiger partial charge in [-0.25, -0.2) is 13.2 Å². The van der Waals surface area contributed by atoms with E-state index in [2.05, 4.69) is 10.6 Å². The number of nitrogens with one attached hydrogen (secondary N) is 2. The summed E-state index contributed by atoms with van der Waals surface area (Å²) in [4.78, 5) is 12.1. The first-order valence-corrected chi connectivity index (χ1v) is 9.39. The minimum Gasteiger partial charge on any atom is -0.334 e. The Hall–Kier alpha value is -1.27. The Kier molecular flexibility index (Phi) is 5.02. The van der Waals surface area contributed by atoms with E-state index in [1.54, 1.807) is 0 Å². The number of urea groups is 1. The standard InChI is InChI=1S/C15H21ClN2O3S/c1-15(2,9-11-5-3-4-6-13(11)16)18-14(19)17-12-7-8-22(20,21)10-12/h3-6,12H,7-10H2,1-2H3,(H2,17,18,19). The Morgan fingerprint density at radius 2 is 2.05 bits per heavy atom. The zero-order valence-corrected chi connectivity index (χ0v) is 14.3. The van der Waals surface area contributed by atoms with Crippen LogP contribution in [0.3, 0.4) is 0 Å². The fourth-order valence-corrected chi connectivity index (χ4v) is 4.48. The van der Waals surface area contributed by atoms with Crippen molar-refractivity contribution in [3.05, 3.63) is 34.9 Å². The summed E-state index contributed by atoms with van der Waals surface area (Å²) in [6.07, 6.45) is 1.06. The molecule has 7 heteroatoms. The monoisotopic (exact) mass is 344 g/mol. The van der Waals surface area contributed by atoms with Crippen LogP contribution in [0.4, 0.5) is 4.79 Å². The van der Waals surface area contributed by atoms with Crippen LogP contribution in [0.1, 0.15) is 25.8 Å². The van der Waals surface area contributed by atoms with Crippen molar-refractivity contribution < 1.29 is 13.2 Å². The highest BCUT2D eigenvalue weighted by Gasteiger charge is 2.30. The SMILES string of the molecule is CC(C)(Cc1ccccc1Cl)NC(=O)NC1CCS(=O)(=O)C1. The number of carbonyl (C=O) groups is 1. The molecular weight excluding hydrogens is 324 g/mol. The number of carbonyl (C=O) groups excluding carboxylic acids is 1. The van der Waals surface area contributed by atoms with E-state index in [4.69, 9.17) is 11.6 Å². The number of amides is 2. The fraction of sp³-hybridized carbons (Fsp3) is 0.533. The number of sulfone groups is 1. The summed E-state index contributed by atoms with van der Waals surface area (Å²) in [5.41, 5.74) is 0.463. The number of rotatable bonds is 4. The maximum Gasteiger partial charge on any atom is 0.315 e. The van der Waals surface area contributed by atoms with Crippen LogP contribution in [0.15, 0.2) is 24.3 Å².